The van der Waals surface area contributed by atoms with Gasteiger partial charge in [0.1, 0.15) is 0 Å². The Morgan fingerprint density at radius 2 is 1.79 bits per heavy atom. The number of halogens is 3. The van der Waals surface area contributed by atoms with E-state index in [0.29, 0.717) is 42.2 Å². The van der Waals surface area contributed by atoms with Crippen LogP contribution in [0.15, 0.2) is 6.07 Å². The zero-order chi connectivity index (χ0) is 24.5. The molecule has 4 aliphatic rings. The molecule has 2 saturated heterocycles. The predicted molar refractivity (Wildman–Crippen MR) is 126 cm³/mol. The molecule has 3 heterocycles. The number of alkyl halides is 3. The van der Waals surface area contributed by atoms with Crippen molar-refractivity contribution < 1.29 is 21.6 Å². The molecule has 2 aliphatic heterocycles. The number of hydrogen-bond donors (Lipinski definition) is 0. The number of nitrogens with zero attached hydrogens (tertiary/aromatic N) is 3. The minimum atomic E-state index is -4.08. The van der Waals surface area contributed by atoms with Crippen molar-refractivity contribution in [3.63, 3.8) is 0 Å². The smallest absolute Gasteiger partial charge is 0.300 e. The Morgan fingerprint density at radius 1 is 1.12 bits per heavy atom. The second kappa shape index (κ2) is 8.49. The highest BCUT2D eigenvalue weighted by atomic mass is 32.2. The molecule has 0 radical (unpaired) electrons. The number of rotatable bonds is 4. The highest BCUT2D eigenvalue weighted by Gasteiger charge is 2.54. The molecule has 2 aliphatic carbocycles. The Bertz CT molecular complexity index is 999. The van der Waals surface area contributed by atoms with Crippen molar-refractivity contribution in [3.05, 3.63) is 17.5 Å². The van der Waals surface area contributed by atoms with Crippen LogP contribution in [0.5, 0.6) is 0 Å². The van der Waals surface area contributed by atoms with Crippen LogP contribution in [0.25, 0.3) is 0 Å². The van der Waals surface area contributed by atoms with Gasteiger partial charge in [0, 0.05) is 41.6 Å². The van der Waals surface area contributed by atoms with Crippen LogP contribution in [0.1, 0.15) is 95.0 Å². The van der Waals surface area contributed by atoms with Gasteiger partial charge in [-0.1, -0.05) is 6.92 Å². The van der Waals surface area contributed by atoms with E-state index in [1.807, 2.05) is 0 Å². The molecule has 1 spiro atoms. The van der Waals surface area contributed by atoms with Gasteiger partial charge in [-0.2, -0.15) is 18.3 Å². The van der Waals surface area contributed by atoms with Crippen LogP contribution in [0.3, 0.4) is 0 Å². The van der Waals surface area contributed by atoms with Gasteiger partial charge in [0.25, 0.3) is 0 Å². The second-order valence-electron chi connectivity index (χ2n) is 12.1. The van der Waals surface area contributed by atoms with Gasteiger partial charge in [0.15, 0.2) is 9.84 Å². The fraction of sp³-hybridized carbons (Fsp3) is 0.880. The van der Waals surface area contributed by atoms with E-state index in [9.17, 15) is 21.6 Å². The summed E-state index contributed by atoms with van der Waals surface area (Å²) in [6, 6.07) is 2.87. The monoisotopic (exact) mass is 501 g/mol. The maximum atomic E-state index is 13.1. The van der Waals surface area contributed by atoms with Gasteiger partial charge >= 0.3 is 6.18 Å². The van der Waals surface area contributed by atoms with Crippen LogP contribution < -0.4 is 0 Å². The van der Waals surface area contributed by atoms with Gasteiger partial charge in [-0.05, 0) is 77.3 Å². The molecule has 34 heavy (non-hydrogen) atoms. The molecular formula is C25H38F3N3O2S. The molecule has 0 aromatic carbocycles. The summed E-state index contributed by atoms with van der Waals surface area (Å²) in [4.78, 5) is 2.53. The Hall–Kier alpha value is -1.09. The summed E-state index contributed by atoms with van der Waals surface area (Å²) in [6.07, 6.45) is 0.556. The lowest BCUT2D eigenvalue weighted by atomic mass is 9.80. The van der Waals surface area contributed by atoms with Crippen LogP contribution in [0.2, 0.25) is 0 Å². The lowest BCUT2D eigenvalue weighted by Gasteiger charge is -2.38. The Balaban J connectivity index is 1.28. The van der Waals surface area contributed by atoms with Crippen LogP contribution in [0.4, 0.5) is 13.2 Å². The first kappa shape index (κ1) is 24.6. The lowest BCUT2D eigenvalue weighted by Crippen LogP contribution is -2.50. The van der Waals surface area contributed by atoms with E-state index in [2.05, 4.69) is 36.4 Å². The Labute approximate surface area is 201 Å². The molecule has 2 saturated carbocycles. The SMILES string of the molecule is CC(C)n1nc([C@H]2CC[C@@H](C(F)(F)F)CC2)cc1[C@@H]1C[C@H](N2CCC3(C2)CS(=O)(=O)C3)C[C@@H]1C. The standard InChI is InChI=1S/C25H38F3N3O2S/c1-16(2)31-23(12-22(29-31)18-4-6-19(7-5-18)25(26,27)28)21-11-20(10-17(21)3)30-9-8-24(13-30)14-34(32,33)15-24/h12,16-21H,4-11,13-15H2,1-3H3/t17-,18-,19+,20+,21+/m0/s1. The summed E-state index contributed by atoms with van der Waals surface area (Å²) >= 11 is 0. The fourth-order valence-corrected chi connectivity index (χ4v) is 9.62. The second-order valence-corrected chi connectivity index (χ2v) is 14.1. The minimum Gasteiger partial charge on any atom is -0.300 e. The molecule has 9 heteroatoms. The first-order valence-corrected chi connectivity index (χ1v) is 14.8. The Morgan fingerprint density at radius 3 is 2.38 bits per heavy atom. The molecule has 5 nitrogen and oxygen atoms in total. The Kier molecular flexibility index (Phi) is 6.15. The van der Waals surface area contributed by atoms with Crippen molar-refractivity contribution in [1.82, 2.24) is 14.7 Å². The van der Waals surface area contributed by atoms with E-state index in [-0.39, 0.29) is 30.2 Å². The molecule has 1 aromatic heterocycles. The van der Waals surface area contributed by atoms with E-state index in [0.717, 1.165) is 38.0 Å². The summed E-state index contributed by atoms with van der Waals surface area (Å²) in [5.74, 6) is 0.519. The van der Waals surface area contributed by atoms with Gasteiger partial charge in [0.2, 0.25) is 0 Å². The maximum Gasteiger partial charge on any atom is 0.391 e. The minimum absolute atomic E-state index is 0.0116. The highest BCUT2D eigenvalue weighted by Crippen LogP contribution is 2.48. The molecule has 0 unspecified atom stereocenters. The maximum absolute atomic E-state index is 13.1. The summed E-state index contributed by atoms with van der Waals surface area (Å²) < 4.78 is 65.0. The molecule has 3 atom stereocenters. The summed E-state index contributed by atoms with van der Waals surface area (Å²) in [6.45, 7) is 8.43. The topological polar surface area (TPSA) is 55.2 Å². The molecular weight excluding hydrogens is 463 g/mol. The average molecular weight is 502 g/mol. The first-order valence-electron chi connectivity index (χ1n) is 13.0. The van der Waals surface area contributed by atoms with Crippen molar-refractivity contribution in [1.29, 1.82) is 0 Å². The van der Waals surface area contributed by atoms with E-state index in [1.165, 1.54) is 5.69 Å². The highest BCUT2D eigenvalue weighted by molar-refractivity contribution is 7.92. The third kappa shape index (κ3) is 4.56. The number of likely N-dealkylation sites (tertiary alicyclic amines) is 1. The first-order chi connectivity index (χ1) is 15.9. The summed E-state index contributed by atoms with van der Waals surface area (Å²) in [5, 5.41) is 4.94. The molecule has 1 aromatic rings. The van der Waals surface area contributed by atoms with Gasteiger partial charge in [-0.15, -0.1) is 0 Å². The van der Waals surface area contributed by atoms with Crippen LogP contribution in [-0.2, 0) is 9.84 Å². The normalized spacial score (nSPS) is 35.8. The molecule has 5 rings (SSSR count). The average Bonchev–Trinajstić information content (AvgIpc) is 3.43. The third-order valence-electron chi connectivity index (χ3n) is 9.15. The molecule has 0 amide bonds. The van der Waals surface area contributed by atoms with Crippen molar-refractivity contribution in [2.75, 3.05) is 24.6 Å². The zero-order valence-electron chi connectivity index (χ0n) is 20.5. The number of hydrogen-bond acceptors (Lipinski definition) is 4. The number of sulfone groups is 1. The quantitative estimate of drug-likeness (QED) is 0.562. The summed E-state index contributed by atoms with van der Waals surface area (Å²) in [5.41, 5.74) is 2.19. The largest absolute Gasteiger partial charge is 0.391 e. The molecule has 0 bridgehead atoms. The predicted octanol–water partition coefficient (Wildman–Crippen LogP) is 5.30. The van der Waals surface area contributed by atoms with Crippen LogP contribution >= 0.6 is 0 Å². The third-order valence-corrected chi connectivity index (χ3v) is 11.3. The van der Waals surface area contributed by atoms with Gasteiger partial charge in [-0.25, -0.2) is 8.42 Å². The van der Waals surface area contributed by atoms with Gasteiger partial charge in [-0.3, -0.25) is 9.58 Å². The van der Waals surface area contributed by atoms with Gasteiger partial charge < -0.3 is 0 Å². The fourth-order valence-electron chi connectivity index (χ4n) is 7.37. The van der Waals surface area contributed by atoms with Crippen molar-refractivity contribution in [2.24, 2.45) is 17.3 Å². The van der Waals surface area contributed by atoms with E-state index < -0.39 is 21.9 Å². The number of aromatic nitrogens is 2. The summed E-state index contributed by atoms with van der Waals surface area (Å²) in [7, 11) is -2.82. The molecule has 0 N–H and O–H groups in total. The van der Waals surface area contributed by atoms with E-state index in [4.69, 9.17) is 5.10 Å². The molecule has 4 fully saturated rings. The van der Waals surface area contributed by atoms with Crippen molar-refractivity contribution in [2.45, 2.75) is 95.8 Å². The molecule has 192 valence electrons. The lowest BCUT2D eigenvalue weighted by molar-refractivity contribution is -0.182. The van der Waals surface area contributed by atoms with Crippen LogP contribution in [-0.4, -0.2) is 59.9 Å². The van der Waals surface area contributed by atoms with Gasteiger partial charge in [0.05, 0.1) is 23.1 Å². The van der Waals surface area contributed by atoms with Crippen molar-refractivity contribution in [3.8, 4) is 0 Å². The van der Waals surface area contributed by atoms with E-state index >= 15 is 0 Å². The zero-order valence-corrected chi connectivity index (χ0v) is 21.3. The van der Waals surface area contributed by atoms with Crippen LogP contribution in [0, 0.1) is 17.3 Å². The van der Waals surface area contributed by atoms with Crippen molar-refractivity contribution >= 4 is 9.84 Å². The van der Waals surface area contributed by atoms with E-state index in [1.54, 1.807) is 0 Å².